The predicted molar refractivity (Wildman–Crippen MR) is 134 cm³/mol. The highest BCUT2D eigenvalue weighted by molar-refractivity contribution is 9.11. The van der Waals surface area contributed by atoms with Crippen LogP contribution in [0, 0.1) is 12.8 Å². The molecular formula is C22H25Br2N3O5S. The van der Waals surface area contributed by atoms with Gasteiger partial charge in [0, 0.05) is 6.92 Å². The zero-order valence-corrected chi connectivity index (χ0v) is 22.5. The molecule has 0 heterocycles. The maximum Gasteiger partial charge on any atom is 0.308 e. The highest BCUT2D eigenvalue weighted by Crippen LogP contribution is 2.34. The summed E-state index contributed by atoms with van der Waals surface area (Å²) in [5.41, 5.74) is 3.93. The Labute approximate surface area is 210 Å². The van der Waals surface area contributed by atoms with Gasteiger partial charge in [0.25, 0.3) is 5.91 Å². The quantitative estimate of drug-likeness (QED) is 0.192. The van der Waals surface area contributed by atoms with E-state index in [0.29, 0.717) is 26.7 Å². The van der Waals surface area contributed by atoms with Gasteiger partial charge in [-0.1, -0.05) is 31.5 Å². The van der Waals surface area contributed by atoms with Crippen molar-refractivity contribution in [1.82, 2.24) is 10.1 Å². The summed E-state index contributed by atoms with van der Waals surface area (Å²) in [4.78, 5) is 24.0. The molecule has 0 fully saturated rings. The van der Waals surface area contributed by atoms with E-state index in [1.165, 1.54) is 25.3 Å². The van der Waals surface area contributed by atoms with E-state index < -0.39 is 27.9 Å². The molecule has 0 radical (unpaired) electrons. The van der Waals surface area contributed by atoms with E-state index >= 15 is 0 Å². The molecule has 1 amide bonds. The van der Waals surface area contributed by atoms with Crippen LogP contribution >= 0.6 is 31.9 Å². The number of hydrazone groups is 1. The molecule has 1 atom stereocenters. The van der Waals surface area contributed by atoms with Crippen LogP contribution in [0.3, 0.4) is 0 Å². The number of hydrogen-bond acceptors (Lipinski definition) is 6. The normalized spacial score (nSPS) is 12.7. The summed E-state index contributed by atoms with van der Waals surface area (Å²) in [5, 5.41) is 3.95. The Kier molecular flexibility index (Phi) is 9.77. The maximum atomic E-state index is 12.7. The lowest BCUT2D eigenvalue weighted by Crippen LogP contribution is -2.46. The Bertz CT molecular complexity index is 1130. The van der Waals surface area contributed by atoms with Gasteiger partial charge in [0.1, 0.15) is 6.04 Å². The van der Waals surface area contributed by atoms with Gasteiger partial charge in [0.15, 0.2) is 5.75 Å². The van der Waals surface area contributed by atoms with Crippen LogP contribution in [0.1, 0.15) is 38.3 Å². The standard InChI is InChI=1S/C22H25Br2N3O5S/c1-13(2)9-20(27-33(30,31)17-7-5-14(3)6-8-17)22(29)26-25-12-16-10-18(23)21(19(24)11-16)32-15(4)28/h5-8,10-13,20,27H,9H2,1-4H3,(H,26,29)/b25-12-/t20-/m1/s1. The molecule has 0 spiro atoms. The third-order valence-corrected chi connectivity index (χ3v) is 6.97. The Hall–Kier alpha value is -2.08. The largest absolute Gasteiger partial charge is 0.424 e. The summed E-state index contributed by atoms with van der Waals surface area (Å²) in [6.45, 7) is 6.94. The summed E-state index contributed by atoms with van der Waals surface area (Å²) in [6, 6.07) is 8.69. The summed E-state index contributed by atoms with van der Waals surface area (Å²) >= 11 is 6.65. The van der Waals surface area contributed by atoms with Crippen molar-refractivity contribution in [2.24, 2.45) is 11.0 Å². The number of amides is 1. The van der Waals surface area contributed by atoms with E-state index in [9.17, 15) is 18.0 Å². The number of sulfonamides is 1. The highest BCUT2D eigenvalue weighted by atomic mass is 79.9. The average molecular weight is 603 g/mol. The van der Waals surface area contributed by atoms with Crippen LogP contribution in [0.25, 0.3) is 0 Å². The van der Waals surface area contributed by atoms with Gasteiger partial charge >= 0.3 is 5.97 Å². The molecule has 178 valence electrons. The molecule has 2 aromatic rings. The van der Waals surface area contributed by atoms with E-state index in [1.54, 1.807) is 24.3 Å². The Balaban J connectivity index is 2.14. The van der Waals surface area contributed by atoms with Gasteiger partial charge in [-0.25, -0.2) is 13.8 Å². The summed E-state index contributed by atoms with van der Waals surface area (Å²) < 4.78 is 34.1. The second-order valence-corrected chi connectivity index (χ2v) is 11.2. The van der Waals surface area contributed by atoms with E-state index in [1.807, 2.05) is 20.8 Å². The first kappa shape index (κ1) is 27.2. The molecule has 0 aliphatic rings. The lowest BCUT2D eigenvalue weighted by atomic mass is 10.0. The van der Waals surface area contributed by atoms with Crippen molar-refractivity contribution in [1.29, 1.82) is 0 Å². The minimum absolute atomic E-state index is 0.0613. The lowest BCUT2D eigenvalue weighted by Gasteiger charge is -2.19. The van der Waals surface area contributed by atoms with Crippen LogP contribution in [0.15, 0.2) is 55.3 Å². The Morgan fingerprint density at radius 1 is 1.12 bits per heavy atom. The van der Waals surface area contributed by atoms with Gasteiger partial charge in [-0.05, 0) is 81.0 Å². The zero-order chi connectivity index (χ0) is 24.8. The van der Waals surface area contributed by atoms with Crippen LogP contribution < -0.4 is 14.9 Å². The minimum Gasteiger partial charge on any atom is -0.424 e. The molecule has 2 N–H and O–H groups in total. The van der Waals surface area contributed by atoms with Crippen molar-refractivity contribution in [3.05, 3.63) is 56.5 Å². The number of nitrogens with one attached hydrogen (secondary N) is 2. The zero-order valence-electron chi connectivity index (χ0n) is 18.6. The van der Waals surface area contributed by atoms with Crippen molar-refractivity contribution in [3.8, 4) is 5.75 Å². The van der Waals surface area contributed by atoms with Crippen molar-refractivity contribution in [2.45, 2.75) is 45.1 Å². The van der Waals surface area contributed by atoms with Crippen LogP contribution in [0.2, 0.25) is 0 Å². The van der Waals surface area contributed by atoms with Gasteiger partial charge < -0.3 is 4.74 Å². The molecule has 0 aromatic heterocycles. The average Bonchev–Trinajstić information content (AvgIpc) is 2.70. The van der Waals surface area contributed by atoms with Crippen molar-refractivity contribution >= 4 is 60.0 Å². The van der Waals surface area contributed by atoms with Gasteiger partial charge in [0.2, 0.25) is 10.0 Å². The second-order valence-electron chi connectivity index (χ2n) is 7.76. The van der Waals surface area contributed by atoms with Crippen LogP contribution in [-0.4, -0.2) is 32.6 Å². The van der Waals surface area contributed by atoms with E-state index in [4.69, 9.17) is 4.74 Å². The molecule has 0 saturated carbocycles. The van der Waals surface area contributed by atoms with Crippen molar-refractivity contribution in [3.63, 3.8) is 0 Å². The number of nitrogens with zero attached hydrogens (tertiary/aromatic N) is 1. The van der Waals surface area contributed by atoms with Gasteiger partial charge in [-0.3, -0.25) is 9.59 Å². The molecule has 11 heteroatoms. The van der Waals surface area contributed by atoms with E-state index in [2.05, 4.69) is 47.1 Å². The molecule has 33 heavy (non-hydrogen) atoms. The van der Waals surface area contributed by atoms with Crippen LogP contribution in [-0.2, 0) is 19.6 Å². The van der Waals surface area contributed by atoms with Crippen molar-refractivity contribution in [2.75, 3.05) is 0 Å². The highest BCUT2D eigenvalue weighted by Gasteiger charge is 2.26. The molecule has 8 nitrogen and oxygen atoms in total. The number of ether oxygens (including phenoxy) is 1. The molecule has 0 saturated heterocycles. The van der Waals surface area contributed by atoms with Gasteiger partial charge in [-0.15, -0.1) is 0 Å². The number of rotatable bonds is 9. The van der Waals surface area contributed by atoms with Crippen molar-refractivity contribution < 1.29 is 22.7 Å². The maximum absolute atomic E-state index is 12.7. The van der Waals surface area contributed by atoms with E-state index in [-0.39, 0.29) is 10.8 Å². The Morgan fingerprint density at radius 3 is 2.21 bits per heavy atom. The first-order valence-corrected chi connectivity index (χ1v) is 13.1. The minimum atomic E-state index is -3.89. The summed E-state index contributed by atoms with van der Waals surface area (Å²) in [7, 11) is -3.89. The number of hydrogen-bond donors (Lipinski definition) is 2. The lowest BCUT2D eigenvalue weighted by molar-refractivity contribution is -0.132. The first-order chi connectivity index (χ1) is 15.4. The fourth-order valence-electron chi connectivity index (χ4n) is 2.80. The number of carbonyl (C=O) groups excluding carboxylic acids is 2. The Morgan fingerprint density at radius 2 is 1.70 bits per heavy atom. The molecule has 0 aliphatic carbocycles. The fourth-order valence-corrected chi connectivity index (χ4v) is 5.39. The predicted octanol–water partition coefficient (Wildman–Crippen LogP) is 4.29. The SMILES string of the molecule is CC(=O)Oc1c(Br)cc(/C=N\NC(=O)[C@@H](CC(C)C)NS(=O)(=O)c2ccc(C)cc2)cc1Br. The third kappa shape index (κ3) is 8.33. The molecule has 2 aromatic carbocycles. The molecule has 0 aliphatic heterocycles. The topological polar surface area (TPSA) is 114 Å². The molecule has 0 bridgehead atoms. The molecular weight excluding hydrogens is 578 g/mol. The summed E-state index contributed by atoms with van der Waals surface area (Å²) in [5.74, 6) is -0.656. The smallest absolute Gasteiger partial charge is 0.308 e. The number of esters is 1. The number of carbonyl (C=O) groups is 2. The molecule has 0 unspecified atom stereocenters. The number of benzene rings is 2. The summed E-state index contributed by atoms with van der Waals surface area (Å²) in [6.07, 6.45) is 1.69. The van der Waals surface area contributed by atoms with E-state index in [0.717, 1.165) is 5.56 Å². The third-order valence-electron chi connectivity index (χ3n) is 4.31. The molecule has 2 rings (SSSR count). The van der Waals surface area contributed by atoms with Gasteiger partial charge in [-0.2, -0.15) is 9.82 Å². The second kappa shape index (κ2) is 11.9. The van der Waals surface area contributed by atoms with Gasteiger partial charge in [0.05, 0.1) is 20.1 Å². The first-order valence-electron chi connectivity index (χ1n) is 9.98. The number of halogens is 2. The number of aryl methyl sites for hydroxylation is 1. The monoisotopic (exact) mass is 601 g/mol. The fraction of sp³-hybridized carbons (Fsp3) is 0.318. The van der Waals surface area contributed by atoms with Crippen LogP contribution in [0.4, 0.5) is 0 Å². The van der Waals surface area contributed by atoms with Crippen LogP contribution in [0.5, 0.6) is 5.75 Å².